The summed E-state index contributed by atoms with van der Waals surface area (Å²) in [6.45, 7) is 0.385. The molecule has 0 aliphatic heterocycles. The molecule has 2 N–H and O–H groups in total. The molecule has 0 aromatic heterocycles. The molecule has 2 aromatic rings. The lowest BCUT2D eigenvalue weighted by Crippen LogP contribution is -2.28. The van der Waals surface area contributed by atoms with Gasteiger partial charge in [0, 0.05) is 25.1 Å². The van der Waals surface area contributed by atoms with E-state index < -0.39 is 0 Å². The van der Waals surface area contributed by atoms with Crippen molar-refractivity contribution in [2.75, 3.05) is 20.8 Å². The third-order valence-corrected chi connectivity index (χ3v) is 3.20. The smallest absolute Gasteiger partial charge is 0.164 e. The molecule has 0 radical (unpaired) electrons. The molecule has 0 fully saturated rings. The quantitative estimate of drug-likeness (QED) is 0.821. The van der Waals surface area contributed by atoms with E-state index in [-0.39, 0.29) is 18.2 Å². The lowest BCUT2D eigenvalue weighted by atomic mass is 10.0. The lowest BCUT2D eigenvalue weighted by Gasteiger charge is -2.10. The van der Waals surface area contributed by atoms with Crippen molar-refractivity contribution in [3.05, 3.63) is 42.0 Å². The highest BCUT2D eigenvalue weighted by molar-refractivity contribution is 6.00. The summed E-state index contributed by atoms with van der Waals surface area (Å²) in [4.78, 5) is 12.1. The van der Waals surface area contributed by atoms with E-state index in [1.54, 1.807) is 14.2 Å². The Labute approximate surface area is 118 Å². The van der Waals surface area contributed by atoms with Crippen molar-refractivity contribution < 1.29 is 14.3 Å². The van der Waals surface area contributed by atoms with E-state index >= 15 is 0 Å². The maximum Gasteiger partial charge on any atom is 0.164 e. The van der Waals surface area contributed by atoms with E-state index in [9.17, 15) is 4.79 Å². The highest BCUT2D eigenvalue weighted by atomic mass is 16.5. The summed E-state index contributed by atoms with van der Waals surface area (Å²) in [5.74, 6) is 0.839. The van der Waals surface area contributed by atoms with Gasteiger partial charge in [-0.2, -0.15) is 0 Å². The predicted molar refractivity (Wildman–Crippen MR) is 79.3 cm³/mol. The molecule has 4 heteroatoms. The third-order valence-electron chi connectivity index (χ3n) is 3.20. The third kappa shape index (κ3) is 3.35. The number of carbonyl (C=O) groups excluding carboxylic acids is 1. The minimum atomic E-state index is -0.265. The number of benzene rings is 2. The number of hydrogen-bond donors (Lipinski definition) is 1. The first-order chi connectivity index (χ1) is 9.63. The van der Waals surface area contributed by atoms with Crippen LogP contribution < -0.4 is 10.5 Å². The molecule has 0 spiro atoms. The number of ether oxygens (including phenoxy) is 2. The number of Topliss-reactive ketones (excluding diaryl/α,β-unsaturated/α-hetero) is 1. The van der Waals surface area contributed by atoms with Crippen molar-refractivity contribution >= 4 is 16.6 Å². The highest BCUT2D eigenvalue weighted by Gasteiger charge is 2.12. The number of ketones is 1. The highest BCUT2D eigenvalue weighted by Crippen LogP contribution is 2.22. The largest absolute Gasteiger partial charge is 0.497 e. The fourth-order valence-electron chi connectivity index (χ4n) is 2.15. The van der Waals surface area contributed by atoms with Gasteiger partial charge in [0.15, 0.2) is 5.78 Å². The van der Waals surface area contributed by atoms with Gasteiger partial charge in [0.05, 0.1) is 13.7 Å². The Kier molecular flexibility index (Phi) is 4.71. The molecular weight excluding hydrogens is 254 g/mol. The average Bonchev–Trinajstić information content (AvgIpc) is 2.46. The van der Waals surface area contributed by atoms with Gasteiger partial charge in [-0.15, -0.1) is 0 Å². The molecule has 0 bridgehead atoms. The van der Waals surface area contributed by atoms with Crippen molar-refractivity contribution in [2.45, 2.75) is 12.5 Å². The van der Waals surface area contributed by atoms with Crippen LogP contribution >= 0.6 is 0 Å². The first-order valence-electron chi connectivity index (χ1n) is 6.49. The second-order valence-electron chi connectivity index (χ2n) is 4.77. The molecule has 0 heterocycles. The number of hydrogen-bond acceptors (Lipinski definition) is 4. The molecule has 2 rings (SSSR count). The van der Waals surface area contributed by atoms with Gasteiger partial charge in [-0.1, -0.05) is 18.2 Å². The first-order valence-corrected chi connectivity index (χ1v) is 6.49. The Balaban J connectivity index is 2.21. The van der Waals surface area contributed by atoms with Crippen LogP contribution in [-0.2, 0) is 4.74 Å². The van der Waals surface area contributed by atoms with E-state index in [0.717, 1.165) is 16.5 Å². The fourth-order valence-corrected chi connectivity index (χ4v) is 2.15. The van der Waals surface area contributed by atoms with Crippen LogP contribution in [0.3, 0.4) is 0 Å². The van der Waals surface area contributed by atoms with Crippen LogP contribution in [-0.4, -0.2) is 32.7 Å². The number of fused-ring (bicyclic) bond motifs is 1. The minimum Gasteiger partial charge on any atom is -0.497 e. The normalized spacial score (nSPS) is 12.3. The van der Waals surface area contributed by atoms with Gasteiger partial charge in [0.2, 0.25) is 0 Å². The van der Waals surface area contributed by atoms with E-state index in [1.807, 2.05) is 36.4 Å². The zero-order valence-corrected chi connectivity index (χ0v) is 11.8. The van der Waals surface area contributed by atoms with Crippen molar-refractivity contribution in [3.8, 4) is 5.75 Å². The number of carbonyl (C=O) groups is 1. The van der Waals surface area contributed by atoms with Gasteiger partial charge in [-0.05, 0) is 29.0 Å². The number of methoxy groups -OCH3 is 2. The second kappa shape index (κ2) is 6.50. The standard InChI is InChI=1S/C16H19NO3/c1-19-10-14(17)9-16(18)13-4-3-12-8-15(20-2)6-5-11(12)7-13/h3-8,14H,9-10,17H2,1-2H3. The molecular formula is C16H19NO3. The Hall–Kier alpha value is -1.91. The average molecular weight is 273 g/mol. The summed E-state index contributed by atoms with van der Waals surface area (Å²) in [6.07, 6.45) is 0.287. The van der Waals surface area contributed by atoms with Gasteiger partial charge < -0.3 is 15.2 Å². The molecule has 0 saturated heterocycles. The Bertz CT molecular complexity index is 610. The van der Waals surface area contributed by atoms with Crippen molar-refractivity contribution in [1.82, 2.24) is 0 Å². The summed E-state index contributed by atoms with van der Waals surface area (Å²) in [5.41, 5.74) is 6.49. The van der Waals surface area contributed by atoms with Crippen LogP contribution in [0.1, 0.15) is 16.8 Å². The number of nitrogens with two attached hydrogens (primary N) is 1. The van der Waals surface area contributed by atoms with Gasteiger partial charge in [0.1, 0.15) is 5.75 Å². The maximum absolute atomic E-state index is 12.1. The lowest BCUT2D eigenvalue weighted by molar-refractivity contribution is 0.0949. The fraction of sp³-hybridized carbons (Fsp3) is 0.312. The van der Waals surface area contributed by atoms with Crippen molar-refractivity contribution in [3.63, 3.8) is 0 Å². The van der Waals surface area contributed by atoms with Crippen LogP contribution in [0.5, 0.6) is 5.75 Å². The molecule has 1 atom stereocenters. The molecule has 4 nitrogen and oxygen atoms in total. The molecule has 20 heavy (non-hydrogen) atoms. The Morgan fingerprint density at radius 3 is 2.55 bits per heavy atom. The molecule has 0 aliphatic rings. The molecule has 0 saturated carbocycles. The molecule has 2 aromatic carbocycles. The van der Waals surface area contributed by atoms with Crippen LogP contribution in [0.25, 0.3) is 10.8 Å². The molecule has 106 valence electrons. The molecule has 0 aliphatic carbocycles. The van der Waals surface area contributed by atoms with Crippen LogP contribution in [0.15, 0.2) is 36.4 Å². The Morgan fingerprint density at radius 1 is 1.15 bits per heavy atom. The maximum atomic E-state index is 12.1. The van der Waals surface area contributed by atoms with Gasteiger partial charge in [-0.3, -0.25) is 4.79 Å². The molecule has 0 amide bonds. The summed E-state index contributed by atoms with van der Waals surface area (Å²) in [7, 11) is 3.21. The second-order valence-corrected chi connectivity index (χ2v) is 4.77. The van der Waals surface area contributed by atoms with Crippen LogP contribution in [0, 0.1) is 0 Å². The molecule has 1 unspecified atom stereocenters. The van der Waals surface area contributed by atoms with Crippen molar-refractivity contribution in [1.29, 1.82) is 0 Å². The Morgan fingerprint density at radius 2 is 1.85 bits per heavy atom. The monoisotopic (exact) mass is 273 g/mol. The van der Waals surface area contributed by atoms with Crippen molar-refractivity contribution in [2.24, 2.45) is 5.73 Å². The van der Waals surface area contributed by atoms with Gasteiger partial charge in [0.25, 0.3) is 0 Å². The van der Waals surface area contributed by atoms with Gasteiger partial charge in [-0.25, -0.2) is 0 Å². The van der Waals surface area contributed by atoms with E-state index in [4.69, 9.17) is 15.2 Å². The van der Waals surface area contributed by atoms with Gasteiger partial charge >= 0.3 is 0 Å². The van der Waals surface area contributed by atoms with E-state index in [0.29, 0.717) is 12.2 Å². The SMILES string of the molecule is COCC(N)CC(=O)c1ccc2cc(OC)ccc2c1. The van der Waals surface area contributed by atoms with E-state index in [1.165, 1.54) is 0 Å². The minimum absolute atomic E-state index is 0.0345. The summed E-state index contributed by atoms with van der Waals surface area (Å²) >= 11 is 0. The zero-order valence-electron chi connectivity index (χ0n) is 11.8. The first kappa shape index (κ1) is 14.5. The van der Waals surface area contributed by atoms with Crippen LogP contribution in [0.4, 0.5) is 0 Å². The predicted octanol–water partition coefficient (Wildman–Crippen LogP) is 2.39. The number of rotatable bonds is 6. The topological polar surface area (TPSA) is 61.5 Å². The summed E-state index contributed by atoms with van der Waals surface area (Å²) in [6, 6.07) is 11.1. The summed E-state index contributed by atoms with van der Waals surface area (Å²) < 4.78 is 10.1. The van der Waals surface area contributed by atoms with E-state index in [2.05, 4.69) is 0 Å². The van der Waals surface area contributed by atoms with Crippen LogP contribution in [0.2, 0.25) is 0 Å². The summed E-state index contributed by atoms with van der Waals surface area (Å²) in [5, 5.41) is 2.05. The zero-order chi connectivity index (χ0) is 14.5.